The number of hydrogen-bond acceptors (Lipinski definition) is 5. The monoisotopic (exact) mass is 419 g/mol. The summed E-state index contributed by atoms with van der Waals surface area (Å²) in [6.07, 6.45) is 3.21. The number of carbonyl (C=O) groups excluding carboxylic acids is 2. The fourth-order valence-corrected chi connectivity index (χ4v) is 5.21. The van der Waals surface area contributed by atoms with Gasteiger partial charge in [0.2, 0.25) is 0 Å². The van der Waals surface area contributed by atoms with Crippen LogP contribution in [0.25, 0.3) is 0 Å². The third-order valence-electron chi connectivity index (χ3n) is 6.13. The van der Waals surface area contributed by atoms with Gasteiger partial charge in [0.05, 0.1) is 17.8 Å². The van der Waals surface area contributed by atoms with Crippen LogP contribution < -0.4 is 0 Å². The molecule has 29 heavy (non-hydrogen) atoms. The number of aromatic nitrogens is 1. The van der Waals surface area contributed by atoms with Crippen molar-refractivity contribution in [2.45, 2.75) is 43.6 Å². The van der Waals surface area contributed by atoms with Crippen molar-refractivity contribution >= 4 is 23.3 Å². The molecule has 2 atom stereocenters. The van der Waals surface area contributed by atoms with Gasteiger partial charge in [-0.1, -0.05) is 0 Å². The second kappa shape index (κ2) is 6.84. The SMILES string of the molecule is O=C(c1cnsc1)N1CCC2(CC1)OC1CCC(c3cc(F)cc(F)c3)N1C2=O. The smallest absolute Gasteiger partial charge is 0.257 e. The van der Waals surface area contributed by atoms with E-state index in [0.717, 1.165) is 6.07 Å². The minimum atomic E-state index is -0.959. The van der Waals surface area contributed by atoms with E-state index in [1.54, 1.807) is 21.4 Å². The van der Waals surface area contributed by atoms with Crippen LogP contribution in [0.2, 0.25) is 0 Å². The standard InChI is InChI=1S/C20H19F2N3O3S/c21-14-7-12(8-15(22)9-14)16-1-2-17-25(16)19(27)20(28-17)3-5-24(6-4-20)18(26)13-10-23-29-11-13/h7-11,16-17H,1-6H2. The highest BCUT2D eigenvalue weighted by Crippen LogP contribution is 2.47. The van der Waals surface area contributed by atoms with Gasteiger partial charge < -0.3 is 14.5 Å². The summed E-state index contributed by atoms with van der Waals surface area (Å²) < 4.78 is 37.5. The number of piperidine rings is 1. The van der Waals surface area contributed by atoms with E-state index in [9.17, 15) is 18.4 Å². The van der Waals surface area contributed by atoms with E-state index >= 15 is 0 Å². The van der Waals surface area contributed by atoms with Gasteiger partial charge in [-0.25, -0.2) is 13.2 Å². The summed E-state index contributed by atoms with van der Waals surface area (Å²) >= 11 is 1.23. The fourth-order valence-electron chi connectivity index (χ4n) is 4.70. The maximum Gasteiger partial charge on any atom is 0.257 e. The minimum Gasteiger partial charge on any atom is -0.342 e. The zero-order chi connectivity index (χ0) is 20.2. The molecule has 2 aromatic rings. The van der Waals surface area contributed by atoms with E-state index in [0.29, 0.717) is 49.9 Å². The van der Waals surface area contributed by atoms with Gasteiger partial charge >= 0.3 is 0 Å². The zero-order valence-corrected chi connectivity index (χ0v) is 16.3. The summed E-state index contributed by atoms with van der Waals surface area (Å²) in [4.78, 5) is 29.2. The molecular weight excluding hydrogens is 400 g/mol. The van der Waals surface area contributed by atoms with Crippen molar-refractivity contribution < 1.29 is 23.1 Å². The van der Waals surface area contributed by atoms with Crippen LogP contribution in [0.5, 0.6) is 0 Å². The third kappa shape index (κ3) is 3.03. The molecule has 152 valence electrons. The van der Waals surface area contributed by atoms with Crippen LogP contribution in [0.3, 0.4) is 0 Å². The number of amides is 2. The number of rotatable bonds is 2. The van der Waals surface area contributed by atoms with Crippen molar-refractivity contribution in [3.8, 4) is 0 Å². The first kappa shape index (κ1) is 18.6. The summed E-state index contributed by atoms with van der Waals surface area (Å²) in [7, 11) is 0. The highest BCUT2D eigenvalue weighted by Gasteiger charge is 2.58. The van der Waals surface area contributed by atoms with Crippen molar-refractivity contribution in [2.75, 3.05) is 13.1 Å². The first-order chi connectivity index (χ1) is 14.0. The molecule has 4 heterocycles. The van der Waals surface area contributed by atoms with Gasteiger partial charge in [0, 0.05) is 37.4 Å². The van der Waals surface area contributed by atoms with Crippen molar-refractivity contribution in [3.63, 3.8) is 0 Å². The Morgan fingerprint density at radius 1 is 1.17 bits per heavy atom. The molecule has 3 aliphatic heterocycles. The Balaban J connectivity index is 1.33. The topological polar surface area (TPSA) is 62.7 Å². The average Bonchev–Trinajstić information content (AvgIpc) is 3.41. The molecule has 0 bridgehead atoms. The average molecular weight is 419 g/mol. The van der Waals surface area contributed by atoms with Gasteiger partial charge in [-0.15, -0.1) is 0 Å². The molecule has 3 aliphatic rings. The van der Waals surface area contributed by atoms with Crippen LogP contribution in [-0.4, -0.2) is 50.9 Å². The number of likely N-dealkylation sites (tertiary alicyclic amines) is 1. The second-order valence-electron chi connectivity index (χ2n) is 7.78. The van der Waals surface area contributed by atoms with E-state index in [1.807, 2.05) is 0 Å². The molecule has 3 saturated heterocycles. The number of hydrogen-bond donors (Lipinski definition) is 0. The molecule has 9 heteroatoms. The Hall–Kier alpha value is -2.39. The quantitative estimate of drug-likeness (QED) is 0.751. The first-order valence-electron chi connectivity index (χ1n) is 9.62. The molecule has 0 N–H and O–H groups in total. The van der Waals surface area contributed by atoms with Gasteiger partial charge in [0.25, 0.3) is 11.8 Å². The van der Waals surface area contributed by atoms with Gasteiger partial charge in [-0.2, -0.15) is 0 Å². The van der Waals surface area contributed by atoms with Gasteiger partial charge in [0.1, 0.15) is 17.9 Å². The van der Waals surface area contributed by atoms with E-state index in [1.165, 1.54) is 23.7 Å². The van der Waals surface area contributed by atoms with E-state index in [-0.39, 0.29) is 18.0 Å². The summed E-state index contributed by atoms with van der Waals surface area (Å²) in [5.74, 6) is -1.53. The Morgan fingerprint density at radius 2 is 1.90 bits per heavy atom. The maximum absolute atomic E-state index is 13.7. The Kier molecular flexibility index (Phi) is 4.40. The molecule has 1 aromatic heterocycles. The maximum atomic E-state index is 13.7. The molecule has 2 amide bonds. The Labute approximate surface area is 170 Å². The number of fused-ring (bicyclic) bond motifs is 1. The summed E-state index contributed by atoms with van der Waals surface area (Å²) in [6, 6.07) is 3.00. The molecule has 1 aromatic carbocycles. The summed E-state index contributed by atoms with van der Waals surface area (Å²) in [5, 5.41) is 1.71. The van der Waals surface area contributed by atoms with Crippen LogP contribution in [0.1, 0.15) is 47.6 Å². The highest BCUT2D eigenvalue weighted by atomic mass is 32.1. The van der Waals surface area contributed by atoms with Crippen molar-refractivity contribution in [1.29, 1.82) is 0 Å². The predicted molar refractivity (Wildman–Crippen MR) is 100 cm³/mol. The van der Waals surface area contributed by atoms with Crippen molar-refractivity contribution in [1.82, 2.24) is 14.2 Å². The molecule has 2 unspecified atom stereocenters. The normalized spacial score (nSPS) is 25.7. The number of benzene rings is 1. The molecule has 0 saturated carbocycles. The van der Waals surface area contributed by atoms with Crippen LogP contribution in [0, 0.1) is 11.6 Å². The zero-order valence-electron chi connectivity index (χ0n) is 15.5. The molecular formula is C20H19F2N3O3S. The van der Waals surface area contributed by atoms with E-state index in [2.05, 4.69) is 4.37 Å². The Morgan fingerprint density at radius 3 is 2.55 bits per heavy atom. The molecule has 3 fully saturated rings. The van der Waals surface area contributed by atoms with E-state index < -0.39 is 23.3 Å². The van der Waals surface area contributed by atoms with Crippen molar-refractivity contribution in [3.05, 3.63) is 52.5 Å². The lowest BCUT2D eigenvalue weighted by molar-refractivity contribution is -0.142. The van der Waals surface area contributed by atoms with Crippen LogP contribution in [0.15, 0.2) is 29.8 Å². The van der Waals surface area contributed by atoms with Crippen LogP contribution >= 0.6 is 11.5 Å². The lowest BCUT2D eigenvalue weighted by Crippen LogP contribution is -2.51. The van der Waals surface area contributed by atoms with Crippen LogP contribution in [0.4, 0.5) is 8.78 Å². The largest absolute Gasteiger partial charge is 0.342 e. The molecule has 5 rings (SSSR count). The second-order valence-corrected chi connectivity index (χ2v) is 8.44. The number of carbonyl (C=O) groups is 2. The van der Waals surface area contributed by atoms with E-state index in [4.69, 9.17) is 4.74 Å². The molecule has 0 aliphatic carbocycles. The molecule has 0 radical (unpaired) electrons. The highest BCUT2D eigenvalue weighted by molar-refractivity contribution is 7.03. The number of nitrogens with zero attached hydrogens (tertiary/aromatic N) is 3. The van der Waals surface area contributed by atoms with Gasteiger partial charge in [-0.3, -0.25) is 9.59 Å². The number of halogens is 2. The third-order valence-corrected chi connectivity index (χ3v) is 6.71. The Bertz CT molecular complexity index is 940. The van der Waals surface area contributed by atoms with Crippen molar-refractivity contribution in [2.24, 2.45) is 0 Å². The van der Waals surface area contributed by atoms with Gasteiger partial charge in [0.15, 0.2) is 5.60 Å². The number of ether oxygens (including phenoxy) is 1. The summed E-state index contributed by atoms with van der Waals surface area (Å²) in [6.45, 7) is 0.834. The predicted octanol–water partition coefficient (Wildman–Crippen LogP) is 3.12. The lowest BCUT2D eigenvalue weighted by atomic mass is 9.89. The molecule has 6 nitrogen and oxygen atoms in total. The van der Waals surface area contributed by atoms with Crippen LogP contribution in [-0.2, 0) is 9.53 Å². The molecule has 1 spiro atoms. The summed E-state index contributed by atoms with van der Waals surface area (Å²) in [5.41, 5.74) is 0.0498. The minimum absolute atomic E-state index is 0.0901. The first-order valence-corrected chi connectivity index (χ1v) is 10.5. The lowest BCUT2D eigenvalue weighted by Gasteiger charge is -2.37. The van der Waals surface area contributed by atoms with Gasteiger partial charge in [-0.05, 0) is 42.1 Å². The fraction of sp³-hybridized carbons (Fsp3) is 0.450.